The molecule has 1 aliphatic rings. The largest absolute Gasteiger partial charge is 0.367 e. The average molecular weight is 499 g/mol. The second-order valence-corrected chi connectivity index (χ2v) is 8.61. The van der Waals surface area contributed by atoms with Crippen LogP contribution in [0, 0.1) is 5.82 Å². The van der Waals surface area contributed by atoms with E-state index in [4.69, 9.17) is 4.74 Å². The zero-order valence-electron chi connectivity index (χ0n) is 15.3. The topological polar surface area (TPSA) is 71.0 Å². The predicted molar refractivity (Wildman–Crippen MR) is 112 cm³/mol. The number of rotatable bonds is 5. The summed E-state index contributed by atoms with van der Waals surface area (Å²) in [5.74, 6) is 0.595. The van der Waals surface area contributed by atoms with E-state index >= 15 is 0 Å². The first-order chi connectivity index (χ1) is 11.8. The van der Waals surface area contributed by atoms with Gasteiger partial charge in [-0.15, -0.1) is 24.0 Å². The fourth-order valence-electron chi connectivity index (χ4n) is 2.85. The molecular weight excluding hydrogens is 472 g/mol. The smallest absolute Gasteiger partial charge is 0.193 e. The third-order valence-corrected chi connectivity index (χ3v) is 5.02. The first kappa shape index (κ1) is 23.1. The monoisotopic (exact) mass is 499 g/mol. The van der Waals surface area contributed by atoms with Gasteiger partial charge >= 0.3 is 0 Å². The molecule has 6 nitrogen and oxygen atoms in total. The molecule has 0 aliphatic carbocycles. The summed E-state index contributed by atoms with van der Waals surface area (Å²) in [6.45, 7) is 3.80. The van der Waals surface area contributed by atoms with E-state index in [1.165, 1.54) is 18.4 Å². The standard InChI is InChI=1S/C17H26FN3O3S.HI/c1-13-11-21(17(19-2)20-9-4-10-25(3,22)23)12-16(24-13)14-5-7-15(18)8-6-14;/h5-8,13,16H,4,9-12H2,1-3H3,(H,19,20);1H. The minimum Gasteiger partial charge on any atom is -0.367 e. The fourth-order valence-corrected chi connectivity index (χ4v) is 3.52. The number of morpholine rings is 1. The van der Waals surface area contributed by atoms with Crippen molar-refractivity contribution in [3.8, 4) is 0 Å². The maximum Gasteiger partial charge on any atom is 0.193 e. The van der Waals surface area contributed by atoms with Crippen LogP contribution in [0.15, 0.2) is 29.3 Å². The fraction of sp³-hybridized carbons (Fsp3) is 0.588. The molecule has 1 fully saturated rings. The Morgan fingerprint density at radius 3 is 2.58 bits per heavy atom. The van der Waals surface area contributed by atoms with Crippen molar-refractivity contribution < 1.29 is 17.5 Å². The van der Waals surface area contributed by atoms with Gasteiger partial charge < -0.3 is 15.0 Å². The zero-order valence-corrected chi connectivity index (χ0v) is 18.5. The lowest BCUT2D eigenvalue weighted by Crippen LogP contribution is -2.51. The molecule has 2 unspecified atom stereocenters. The van der Waals surface area contributed by atoms with E-state index in [0.717, 1.165) is 11.5 Å². The molecule has 0 aromatic heterocycles. The van der Waals surface area contributed by atoms with E-state index in [0.29, 0.717) is 26.1 Å². The van der Waals surface area contributed by atoms with E-state index in [1.54, 1.807) is 19.2 Å². The molecule has 2 rings (SSSR count). The minimum atomic E-state index is -2.95. The lowest BCUT2D eigenvalue weighted by molar-refractivity contribution is -0.0604. The SMILES string of the molecule is CN=C(NCCCS(C)(=O)=O)N1CC(C)OC(c2ccc(F)cc2)C1.I. The molecule has 0 radical (unpaired) electrons. The molecule has 0 saturated carbocycles. The van der Waals surface area contributed by atoms with Crippen LogP contribution in [0.2, 0.25) is 0 Å². The summed E-state index contributed by atoms with van der Waals surface area (Å²) in [6.07, 6.45) is 1.59. The first-order valence-corrected chi connectivity index (χ1v) is 10.4. The molecule has 148 valence electrons. The lowest BCUT2D eigenvalue weighted by atomic mass is 10.1. The molecule has 1 aromatic carbocycles. The van der Waals surface area contributed by atoms with Gasteiger partial charge in [0.15, 0.2) is 5.96 Å². The maximum atomic E-state index is 13.1. The summed E-state index contributed by atoms with van der Waals surface area (Å²) in [4.78, 5) is 6.37. The van der Waals surface area contributed by atoms with Gasteiger partial charge in [0.2, 0.25) is 0 Å². The quantitative estimate of drug-likeness (QED) is 0.291. The van der Waals surface area contributed by atoms with E-state index < -0.39 is 9.84 Å². The van der Waals surface area contributed by atoms with E-state index in [2.05, 4.69) is 15.2 Å². The number of sulfone groups is 1. The molecule has 1 N–H and O–H groups in total. The molecular formula is C17H27FIN3O3S. The highest BCUT2D eigenvalue weighted by Crippen LogP contribution is 2.25. The van der Waals surface area contributed by atoms with Gasteiger partial charge in [0, 0.05) is 26.4 Å². The van der Waals surface area contributed by atoms with Crippen molar-refractivity contribution in [3.05, 3.63) is 35.6 Å². The highest BCUT2D eigenvalue weighted by Gasteiger charge is 2.28. The number of guanidine groups is 1. The van der Waals surface area contributed by atoms with Crippen LogP contribution in [0.5, 0.6) is 0 Å². The number of aliphatic imine (C=N–C) groups is 1. The first-order valence-electron chi connectivity index (χ1n) is 8.32. The van der Waals surface area contributed by atoms with Gasteiger partial charge in [-0.05, 0) is 31.0 Å². The van der Waals surface area contributed by atoms with Gasteiger partial charge in [-0.25, -0.2) is 12.8 Å². The molecule has 26 heavy (non-hydrogen) atoms. The summed E-state index contributed by atoms with van der Waals surface area (Å²) < 4.78 is 41.5. The summed E-state index contributed by atoms with van der Waals surface area (Å²) in [6, 6.07) is 6.33. The van der Waals surface area contributed by atoms with Crippen LogP contribution in [0.4, 0.5) is 4.39 Å². The number of benzene rings is 1. The predicted octanol–water partition coefficient (Wildman–Crippen LogP) is 2.22. The van der Waals surface area contributed by atoms with Gasteiger partial charge in [0.25, 0.3) is 0 Å². The van der Waals surface area contributed by atoms with Gasteiger partial charge in [0.05, 0.1) is 18.4 Å². The number of ether oxygens (including phenoxy) is 1. The van der Waals surface area contributed by atoms with Crippen molar-refractivity contribution in [1.29, 1.82) is 0 Å². The van der Waals surface area contributed by atoms with Crippen molar-refractivity contribution in [2.24, 2.45) is 4.99 Å². The number of hydrogen-bond donors (Lipinski definition) is 1. The molecule has 1 heterocycles. The number of hydrogen-bond acceptors (Lipinski definition) is 4. The Morgan fingerprint density at radius 1 is 1.35 bits per heavy atom. The maximum absolute atomic E-state index is 13.1. The van der Waals surface area contributed by atoms with Crippen LogP contribution >= 0.6 is 24.0 Å². The van der Waals surface area contributed by atoms with Crippen LogP contribution in [0.25, 0.3) is 0 Å². The van der Waals surface area contributed by atoms with Crippen molar-refractivity contribution in [2.45, 2.75) is 25.6 Å². The summed E-state index contributed by atoms with van der Waals surface area (Å²) in [5.41, 5.74) is 0.922. The Labute approximate surface area is 172 Å². The van der Waals surface area contributed by atoms with Gasteiger partial charge in [-0.1, -0.05) is 12.1 Å². The third-order valence-electron chi connectivity index (χ3n) is 3.99. The normalized spacial score (nSPS) is 21.2. The van der Waals surface area contributed by atoms with Crippen LogP contribution in [-0.4, -0.2) is 64.1 Å². The molecule has 1 saturated heterocycles. The Bertz CT molecular complexity index is 698. The molecule has 1 aliphatic heterocycles. The average Bonchev–Trinajstić information content (AvgIpc) is 2.54. The Balaban J connectivity index is 0.00000338. The summed E-state index contributed by atoms with van der Waals surface area (Å²) >= 11 is 0. The van der Waals surface area contributed by atoms with Gasteiger partial charge in [0.1, 0.15) is 21.8 Å². The lowest BCUT2D eigenvalue weighted by Gasteiger charge is -2.38. The highest BCUT2D eigenvalue weighted by molar-refractivity contribution is 14.0. The van der Waals surface area contributed by atoms with Crippen LogP contribution < -0.4 is 5.32 Å². The molecule has 2 atom stereocenters. The van der Waals surface area contributed by atoms with E-state index in [1.807, 2.05) is 6.92 Å². The minimum absolute atomic E-state index is 0. The van der Waals surface area contributed by atoms with Crippen molar-refractivity contribution in [1.82, 2.24) is 10.2 Å². The van der Waals surface area contributed by atoms with Gasteiger partial charge in [-0.2, -0.15) is 0 Å². The van der Waals surface area contributed by atoms with Crippen LogP contribution in [0.3, 0.4) is 0 Å². The highest BCUT2D eigenvalue weighted by atomic mass is 127. The molecule has 9 heteroatoms. The Hall–Kier alpha value is -0.940. The number of halogens is 2. The van der Waals surface area contributed by atoms with Gasteiger partial charge in [-0.3, -0.25) is 4.99 Å². The second kappa shape index (κ2) is 10.4. The Kier molecular flexibility index (Phi) is 9.25. The van der Waals surface area contributed by atoms with Crippen LogP contribution in [0.1, 0.15) is 25.0 Å². The van der Waals surface area contributed by atoms with E-state index in [9.17, 15) is 12.8 Å². The van der Waals surface area contributed by atoms with Crippen molar-refractivity contribution in [3.63, 3.8) is 0 Å². The zero-order chi connectivity index (χ0) is 18.4. The third kappa shape index (κ3) is 7.36. The Morgan fingerprint density at radius 2 is 2.00 bits per heavy atom. The number of nitrogens with zero attached hydrogens (tertiary/aromatic N) is 2. The summed E-state index contributed by atoms with van der Waals surface area (Å²) in [5, 5.41) is 3.21. The molecule has 0 bridgehead atoms. The molecule has 0 spiro atoms. The van der Waals surface area contributed by atoms with E-state index in [-0.39, 0.29) is 47.8 Å². The van der Waals surface area contributed by atoms with Crippen molar-refractivity contribution in [2.75, 3.05) is 38.7 Å². The number of nitrogens with one attached hydrogen (secondary N) is 1. The summed E-state index contributed by atoms with van der Waals surface area (Å²) in [7, 11) is -1.25. The molecule has 1 aromatic rings. The van der Waals surface area contributed by atoms with Crippen molar-refractivity contribution >= 4 is 39.8 Å². The van der Waals surface area contributed by atoms with Crippen LogP contribution in [-0.2, 0) is 14.6 Å². The second-order valence-electron chi connectivity index (χ2n) is 6.35. The molecule has 0 amide bonds.